The molecule has 3 aromatic rings. The Kier molecular flexibility index (Phi) is 3.43. The fourth-order valence-corrected chi connectivity index (χ4v) is 3.08. The van der Waals surface area contributed by atoms with Gasteiger partial charge in [-0.05, 0) is 40.9 Å². The van der Waals surface area contributed by atoms with Crippen LogP contribution >= 0.6 is 11.3 Å². The van der Waals surface area contributed by atoms with Crippen molar-refractivity contribution in [2.45, 2.75) is 13.0 Å². The molecule has 0 radical (unpaired) electrons. The minimum Gasteiger partial charge on any atom is -0.409 e. The van der Waals surface area contributed by atoms with Gasteiger partial charge in [0.15, 0.2) is 5.84 Å². The monoisotopic (exact) mass is 285 g/mol. The molecule has 20 heavy (non-hydrogen) atoms. The summed E-state index contributed by atoms with van der Waals surface area (Å²) >= 11 is 1.72. The molecule has 0 saturated carbocycles. The number of aryl methyl sites for hydroxylation is 2. The minimum atomic E-state index is 0.145. The highest BCUT2D eigenvalue weighted by Gasteiger charge is 2.08. The average Bonchev–Trinajstić information content (AvgIpc) is 3.13. The number of nitrogens with zero attached hydrogens (tertiary/aromatic N) is 2. The van der Waals surface area contributed by atoms with Crippen LogP contribution in [0, 0.1) is 0 Å². The molecule has 0 saturated heterocycles. The second kappa shape index (κ2) is 5.38. The maximum absolute atomic E-state index is 8.84. The van der Waals surface area contributed by atoms with Crippen molar-refractivity contribution in [3.63, 3.8) is 0 Å². The molecule has 0 bridgehead atoms. The summed E-state index contributed by atoms with van der Waals surface area (Å²) in [6, 6.07) is 10.0. The van der Waals surface area contributed by atoms with E-state index in [9.17, 15) is 0 Å². The zero-order chi connectivity index (χ0) is 13.9. The summed E-state index contributed by atoms with van der Waals surface area (Å²) in [6.45, 7) is 0.917. The number of aromatic nitrogens is 1. The normalized spacial score (nSPS) is 12.1. The maximum atomic E-state index is 8.84. The first-order valence-electron chi connectivity index (χ1n) is 6.36. The van der Waals surface area contributed by atoms with Crippen molar-refractivity contribution in [3.8, 4) is 0 Å². The number of amidine groups is 1. The van der Waals surface area contributed by atoms with Crippen molar-refractivity contribution in [3.05, 3.63) is 58.4 Å². The highest BCUT2D eigenvalue weighted by Crippen LogP contribution is 2.21. The van der Waals surface area contributed by atoms with Gasteiger partial charge in [0.25, 0.3) is 0 Å². The Morgan fingerprint density at radius 2 is 2.20 bits per heavy atom. The van der Waals surface area contributed by atoms with Crippen LogP contribution in [-0.2, 0) is 13.0 Å². The summed E-state index contributed by atoms with van der Waals surface area (Å²) < 4.78 is 2.20. The molecule has 3 rings (SSSR count). The van der Waals surface area contributed by atoms with E-state index >= 15 is 0 Å². The third kappa shape index (κ3) is 2.28. The van der Waals surface area contributed by atoms with E-state index in [2.05, 4.69) is 32.6 Å². The van der Waals surface area contributed by atoms with Crippen molar-refractivity contribution >= 4 is 28.1 Å². The largest absolute Gasteiger partial charge is 0.409 e. The lowest BCUT2D eigenvalue weighted by atomic mass is 10.1. The summed E-state index contributed by atoms with van der Waals surface area (Å²) in [5.74, 6) is 0.145. The standard InChI is InChI=1S/C15H15N3OS/c16-15(17-19)13-2-1-3-14-12(13)5-8-18(14)7-4-11-6-9-20-10-11/h1-3,5-6,8-10,19H,4,7H2,(H2,16,17). The highest BCUT2D eigenvalue weighted by molar-refractivity contribution is 7.07. The van der Waals surface area contributed by atoms with Crippen LogP contribution in [0.4, 0.5) is 0 Å². The van der Waals surface area contributed by atoms with Gasteiger partial charge in [0.1, 0.15) is 0 Å². The Labute approximate surface area is 120 Å². The fraction of sp³-hybridized carbons (Fsp3) is 0.133. The molecule has 0 amide bonds. The lowest BCUT2D eigenvalue weighted by Crippen LogP contribution is -2.13. The van der Waals surface area contributed by atoms with Crippen molar-refractivity contribution in [1.82, 2.24) is 4.57 Å². The van der Waals surface area contributed by atoms with Crippen LogP contribution in [0.1, 0.15) is 11.1 Å². The molecule has 4 nitrogen and oxygen atoms in total. The Balaban J connectivity index is 1.93. The van der Waals surface area contributed by atoms with Gasteiger partial charge < -0.3 is 15.5 Å². The Hall–Kier alpha value is -2.27. The number of thiophene rings is 1. The van der Waals surface area contributed by atoms with Crippen molar-refractivity contribution < 1.29 is 5.21 Å². The first-order valence-corrected chi connectivity index (χ1v) is 7.30. The SMILES string of the molecule is N/C(=N/O)c1cccc2c1ccn2CCc1ccsc1. The predicted octanol–water partition coefficient (Wildman–Crippen LogP) is 3.04. The van der Waals surface area contributed by atoms with Crippen molar-refractivity contribution in [1.29, 1.82) is 0 Å². The summed E-state index contributed by atoms with van der Waals surface area (Å²) in [7, 11) is 0. The van der Waals surface area contributed by atoms with Crippen LogP contribution < -0.4 is 5.73 Å². The molecule has 0 fully saturated rings. The molecule has 0 atom stereocenters. The van der Waals surface area contributed by atoms with Crippen LogP contribution in [0.3, 0.4) is 0 Å². The van der Waals surface area contributed by atoms with Crippen molar-refractivity contribution in [2.24, 2.45) is 10.9 Å². The van der Waals surface area contributed by atoms with Crippen LogP contribution in [0.5, 0.6) is 0 Å². The molecule has 1 aromatic carbocycles. The fourth-order valence-electron chi connectivity index (χ4n) is 2.38. The second-order valence-electron chi connectivity index (χ2n) is 4.61. The summed E-state index contributed by atoms with van der Waals surface area (Å²) in [5, 5.41) is 17.2. The Bertz CT molecular complexity index is 744. The summed E-state index contributed by atoms with van der Waals surface area (Å²) in [4.78, 5) is 0. The number of hydrogen-bond donors (Lipinski definition) is 2. The third-order valence-electron chi connectivity index (χ3n) is 3.42. The van der Waals surface area contributed by atoms with E-state index in [4.69, 9.17) is 10.9 Å². The summed E-state index contributed by atoms with van der Waals surface area (Å²) in [5.41, 5.74) is 8.93. The average molecular weight is 285 g/mol. The van der Waals surface area contributed by atoms with Gasteiger partial charge in [-0.15, -0.1) is 0 Å². The van der Waals surface area contributed by atoms with Gasteiger partial charge in [-0.25, -0.2) is 0 Å². The summed E-state index contributed by atoms with van der Waals surface area (Å²) in [6.07, 6.45) is 3.05. The van der Waals surface area contributed by atoms with Crippen LogP contribution in [0.2, 0.25) is 0 Å². The molecule has 0 spiro atoms. The number of oxime groups is 1. The smallest absolute Gasteiger partial charge is 0.170 e. The molecule has 2 heterocycles. The van der Waals surface area contributed by atoms with Gasteiger partial charge in [-0.2, -0.15) is 11.3 Å². The highest BCUT2D eigenvalue weighted by atomic mass is 32.1. The molecule has 0 unspecified atom stereocenters. The van der Waals surface area contributed by atoms with Gasteiger partial charge in [-0.1, -0.05) is 17.3 Å². The minimum absolute atomic E-state index is 0.145. The molecule has 0 aliphatic carbocycles. The van der Waals surface area contributed by atoms with E-state index in [1.54, 1.807) is 11.3 Å². The van der Waals surface area contributed by atoms with E-state index < -0.39 is 0 Å². The third-order valence-corrected chi connectivity index (χ3v) is 4.15. The predicted molar refractivity (Wildman–Crippen MR) is 82.5 cm³/mol. The molecular formula is C15H15N3OS. The number of hydrogen-bond acceptors (Lipinski definition) is 3. The lowest BCUT2D eigenvalue weighted by molar-refractivity contribution is 0.318. The molecule has 3 N–H and O–H groups in total. The number of benzene rings is 1. The number of rotatable bonds is 4. The molecule has 0 aliphatic heterocycles. The van der Waals surface area contributed by atoms with Gasteiger partial charge in [0.05, 0.1) is 0 Å². The van der Waals surface area contributed by atoms with E-state index in [0.717, 1.165) is 29.4 Å². The molecule has 2 aromatic heterocycles. The van der Waals surface area contributed by atoms with Gasteiger partial charge in [0, 0.05) is 29.2 Å². The Morgan fingerprint density at radius 1 is 1.30 bits per heavy atom. The number of fused-ring (bicyclic) bond motifs is 1. The topological polar surface area (TPSA) is 63.5 Å². The maximum Gasteiger partial charge on any atom is 0.170 e. The molecule has 102 valence electrons. The van der Waals surface area contributed by atoms with Crippen LogP contribution in [0.25, 0.3) is 10.9 Å². The first kappa shape index (κ1) is 12.7. The molecule has 5 heteroatoms. The quantitative estimate of drug-likeness (QED) is 0.335. The zero-order valence-corrected chi connectivity index (χ0v) is 11.7. The molecular weight excluding hydrogens is 270 g/mol. The van der Waals surface area contributed by atoms with Crippen LogP contribution in [-0.4, -0.2) is 15.6 Å². The van der Waals surface area contributed by atoms with Gasteiger partial charge >= 0.3 is 0 Å². The van der Waals surface area contributed by atoms with Crippen molar-refractivity contribution in [2.75, 3.05) is 0 Å². The molecule has 0 aliphatic rings. The lowest BCUT2D eigenvalue weighted by Gasteiger charge is -2.06. The van der Waals surface area contributed by atoms with E-state index in [0.29, 0.717) is 0 Å². The second-order valence-corrected chi connectivity index (χ2v) is 5.39. The van der Waals surface area contributed by atoms with Gasteiger partial charge in [0.2, 0.25) is 0 Å². The van der Waals surface area contributed by atoms with E-state index in [1.165, 1.54) is 5.56 Å². The van der Waals surface area contributed by atoms with E-state index in [1.807, 2.05) is 24.4 Å². The van der Waals surface area contributed by atoms with E-state index in [-0.39, 0.29) is 5.84 Å². The zero-order valence-electron chi connectivity index (χ0n) is 10.9. The Morgan fingerprint density at radius 3 is 2.95 bits per heavy atom. The number of nitrogens with two attached hydrogens (primary N) is 1. The van der Waals surface area contributed by atoms with Gasteiger partial charge in [-0.3, -0.25) is 0 Å². The first-order chi connectivity index (χ1) is 9.79. The van der Waals surface area contributed by atoms with Crippen LogP contribution in [0.15, 0.2) is 52.4 Å².